The summed E-state index contributed by atoms with van der Waals surface area (Å²) in [6, 6.07) is 14.4. The molecule has 0 saturated carbocycles. The minimum absolute atomic E-state index is 0.0563. The number of rotatable bonds is 4. The van der Waals surface area contributed by atoms with Crippen LogP contribution in [0, 0.1) is 0 Å². The van der Waals surface area contributed by atoms with Crippen LogP contribution in [0.3, 0.4) is 0 Å². The van der Waals surface area contributed by atoms with Crippen molar-refractivity contribution >= 4 is 34.6 Å². The van der Waals surface area contributed by atoms with Crippen molar-refractivity contribution in [2.24, 2.45) is 5.10 Å². The minimum atomic E-state index is -0.145. The number of thioether (sulfide) groups is 1. The lowest BCUT2D eigenvalue weighted by molar-refractivity contribution is -0.113. The lowest BCUT2D eigenvalue weighted by Gasteiger charge is -2.16. The second-order valence-corrected chi connectivity index (χ2v) is 8.57. The number of amides is 1. The molecule has 2 heterocycles. The summed E-state index contributed by atoms with van der Waals surface area (Å²) < 4.78 is 5.13. The normalized spacial score (nSPS) is 18.5. The second kappa shape index (κ2) is 11.6. The van der Waals surface area contributed by atoms with Gasteiger partial charge in [0, 0.05) is 14.1 Å². The van der Waals surface area contributed by atoms with Crippen molar-refractivity contribution in [3.63, 3.8) is 0 Å². The maximum Gasteiger partial charge on any atom is 0.271 e. The average molecular weight is 455 g/mol. The van der Waals surface area contributed by atoms with E-state index in [0.717, 1.165) is 11.3 Å². The van der Waals surface area contributed by atoms with Gasteiger partial charge in [-0.15, -0.1) is 0 Å². The van der Waals surface area contributed by atoms with Crippen molar-refractivity contribution in [3.05, 3.63) is 59.0 Å². The van der Waals surface area contributed by atoms with Crippen LogP contribution in [-0.2, 0) is 4.79 Å². The molecule has 2 aromatic rings. The van der Waals surface area contributed by atoms with Crippen LogP contribution in [0.4, 0.5) is 5.69 Å². The first-order chi connectivity index (χ1) is 15.5. The van der Waals surface area contributed by atoms with Gasteiger partial charge < -0.3 is 20.2 Å². The average Bonchev–Trinajstić information content (AvgIpc) is 3.11. The molecule has 0 aliphatic carbocycles. The topological polar surface area (TPSA) is 77.4 Å². The molecule has 4 rings (SSSR count). The maximum absolute atomic E-state index is 13.0. The van der Waals surface area contributed by atoms with Gasteiger partial charge in [0.05, 0.1) is 17.7 Å². The molecule has 2 saturated heterocycles. The van der Waals surface area contributed by atoms with Crippen LogP contribution in [0.15, 0.2) is 58.5 Å². The molecule has 7 nitrogen and oxygen atoms in total. The van der Waals surface area contributed by atoms with Gasteiger partial charge in [-0.3, -0.25) is 9.69 Å². The Morgan fingerprint density at radius 2 is 1.84 bits per heavy atom. The highest BCUT2D eigenvalue weighted by atomic mass is 32.2. The fourth-order valence-electron chi connectivity index (χ4n) is 3.25. The summed E-state index contributed by atoms with van der Waals surface area (Å²) in [5, 5.41) is 19.7. The number of ether oxygens (including phenoxy) is 1. The van der Waals surface area contributed by atoms with Gasteiger partial charge in [-0.25, -0.2) is 0 Å². The van der Waals surface area contributed by atoms with E-state index in [1.807, 2.05) is 44.4 Å². The molecule has 2 N–H and O–H groups in total. The molecule has 1 amide bonds. The highest BCUT2D eigenvalue weighted by molar-refractivity contribution is 8.19. The summed E-state index contributed by atoms with van der Waals surface area (Å²) in [7, 11) is 5.11. The highest BCUT2D eigenvalue weighted by Gasteiger charge is 2.35. The number of carbonyl (C=O) groups excluding carboxylic acids is 1. The molecule has 2 aromatic carbocycles. The number of anilines is 1. The summed E-state index contributed by atoms with van der Waals surface area (Å²) in [5.74, 6) is 0.270. The molecule has 0 spiro atoms. The predicted molar refractivity (Wildman–Crippen MR) is 132 cm³/mol. The number of benzene rings is 2. The number of nitrogens with one attached hydrogen (secondary N) is 1. The van der Waals surface area contributed by atoms with E-state index in [9.17, 15) is 9.90 Å². The zero-order valence-corrected chi connectivity index (χ0v) is 19.6. The van der Waals surface area contributed by atoms with Crippen LogP contribution in [0.5, 0.6) is 11.5 Å². The van der Waals surface area contributed by atoms with E-state index in [0.29, 0.717) is 15.8 Å². The number of methoxy groups -OCH3 is 1. The number of aromatic hydroxyl groups is 1. The van der Waals surface area contributed by atoms with Gasteiger partial charge in [-0.05, 0) is 73.6 Å². The molecule has 8 heteroatoms. The number of phenols is 1. The van der Waals surface area contributed by atoms with Crippen LogP contribution in [-0.4, -0.2) is 55.5 Å². The Morgan fingerprint density at radius 1 is 1.12 bits per heavy atom. The number of amidine groups is 1. The second-order valence-electron chi connectivity index (χ2n) is 7.56. The molecule has 0 bridgehead atoms. The quantitative estimate of drug-likeness (QED) is 0.535. The van der Waals surface area contributed by atoms with E-state index in [4.69, 9.17) is 4.74 Å². The van der Waals surface area contributed by atoms with Crippen LogP contribution in [0.2, 0.25) is 0 Å². The van der Waals surface area contributed by atoms with Crippen LogP contribution in [0.25, 0.3) is 6.08 Å². The van der Waals surface area contributed by atoms with Gasteiger partial charge in [-0.1, -0.05) is 30.7 Å². The molecule has 0 radical (unpaired) electrons. The van der Waals surface area contributed by atoms with Gasteiger partial charge in [0.15, 0.2) is 16.7 Å². The molecule has 2 fully saturated rings. The Balaban J connectivity index is 0.000000416. The number of carbonyl (C=O) groups is 1. The molecule has 2 aliphatic heterocycles. The smallest absolute Gasteiger partial charge is 0.271 e. The van der Waals surface area contributed by atoms with Gasteiger partial charge in [0.25, 0.3) is 5.91 Å². The van der Waals surface area contributed by atoms with E-state index in [2.05, 4.69) is 10.4 Å². The van der Waals surface area contributed by atoms with E-state index >= 15 is 0 Å². The van der Waals surface area contributed by atoms with Crippen molar-refractivity contribution in [1.82, 2.24) is 10.3 Å². The van der Waals surface area contributed by atoms with Crippen LogP contribution in [0.1, 0.15) is 24.8 Å². The summed E-state index contributed by atoms with van der Waals surface area (Å²) in [4.78, 5) is 15.1. The Morgan fingerprint density at radius 3 is 2.41 bits per heavy atom. The van der Waals surface area contributed by atoms with Crippen molar-refractivity contribution in [2.45, 2.75) is 19.3 Å². The van der Waals surface area contributed by atoms with E-state index in [-0.39, 0.29) is 11.7 Å². The molecule has 0 unspecified atom stereocenters. The van der Waals surface area contributed by atoms with Crippen LogP contribution >= 0.6 is 11.8 Å². The van der Waals surface area contributed by atoms with Gasteiger partial charge in [-0.2, -0.15) is 5.10 Å². The number of hydrogen-bond donors (Lipinski definition) is 2. The third-order valence-electron chi connectivity index (χ3n) is 4.81. The number of piperidine rings is 1. The van der Waals surface area contributed by atoms with Crippen molar-refractivity contribution < 1.29 is 14.6 Å². The third-order valence-corrected chi connectivity index (χ3v) is 5.77. The molecular weight excluding hydrogens is 424 g/mol. The van der Waals surface area contributed by atoms with E-state index < -0.39 is 0 Å². The summed E-state index contributed by atoms with van der Waals surface area (Å²) >= 11 is 1.31. The zero-order valence-electron chi connectivity index (χ0n) is 18.7. The zero-order chi connectivity index (χ0) is 22.9. The summed E-state index contributed by atoms with van der Waals surface area (Å²) in [6.07, 6.45) is 5.98. The van der Waals surface area contributed by atoms with Crippen molar-refractivity contribution in [2.75, 3.05) is 39.2 Å². The first-order valence-corrected chi connectivity index (χ1v) is 11.4. The highest BCUT2D eigenvalue weighted by Crippen LogP contribution is 2.37. The van der Waals surface area contributed by atoms with Gasteiger partial charge in [0.1, 0.15) is 0 Å². The van der Waals surface area contributed by atoms with Crippen molar-refractivity contribution in [3.8, 4) is 11.5 Å². The predicted octanol–water partition coefficient (Wildman–Crippen LogP) is 4.11. The van der Waals surface area contributed by atoms with Crippen LogP contribution < -0.4 is 15.0 Å². The Hall–Kier alpha value is -2.97. The third kappa shape index (κ3) is 6.27. The Labute approximate surface area is 193 Å². The standard InChI is InChI=1S/C19H19N3O3S.C5H11N/c1-21(2)20-19-22(14-7-5-4-6-8-14)18(24)17(26-19)12-13-9-10-15(23)16(11-13)25-3;1-2-4-6-5-3-1/h4-12,23H,1-3H3;6H,1-5H2/b17-12-,20-19-;. The molecule has 0 atom stereocenters. The van der Waals surface area contributed by atoms with Gasteiger partial charge in [0.2, 0.25) is 0 Å². The van der Waals surface area contributed by atoms with E-state index in [1.165, 1.54) is 51.2 Å². The first kappa shape index (κ1) is 23.7. The Kier molecular flexibility index (Phi) is 8.58. The maximum atomic E-state index is 13.0. The number of para-hydroxylation sites is 1. The minimum Gasteiger partial charge on any atom is -0.504 e. The Bertz CT molecular complexity index is 961. The first-order valence-electron chi connectivity index (χ1n) is 10.6. The SMILES string of the molecule is C1CCNCC1.COc1cc(/C=C2\S/C(=N\N(C)C)N(c3ccccc3)C2=O)ccc1O. The van der Waals surface area contributed by atoms with Crippen molar-refractivity contribution in [1.29, 1.82) is 0 Å². The summed E-state index contributed by atoms with van der Waals surface area (Å²) in [5.41, 5.74) is 1.52. The lowest BCUT2D eigenvalue weighted by Crippen LogP contribution is -2.30. The number of hydrogen-bond acceptors (Lipinski definition) is 7. The van der Waals surface area contributed by atoms with E-state index in [1.54, 1.807) is 34.2 Å². The number of hydrazone groups is 1. The fourth-order valence-corrected chi connectivity index (χ4v) is 4.31. The largest absolute Gasteiger partial charge is 0.504 e. The molecule has 2 aliphatic rings. The molecule has 170 valence electrons. The molecule has 32 heavy (non-hydrogen) atoms. The molecular formula is C24H30N4O3S. The van der Waals surface area contributed by atoms with Gasteiger partial charge >= 0.3 is 0 Å². The lowest BCUT2D eigenvalue weighted by atomic mass is 10.2. The summed E-state index contributed by atoms with van der Waals surface area (Å²) in [6.45, 7) is 2.50. The monoisotopic (exact) mass is 454 g/mol. The molecule has 0 aromatic heterocycles. The fraction of sp³-hybridized carbons (Fsp3) is 0.333. The number of phenolic OH excluding ortho intramolecular Hbond substituents is 1. The number of nitrogens with zero attached hydrogens (tertiary/aromatic N) is 3.